The molecule has 0 aliphatic rings. The highest BCUT2D eigenvalue weighted by Crippen LogP contribution is 2.25. The zero-order valence-electron chi connectivity index (χ0n) is 7.20. The second-order valence-electron chi connectivity index (χ2n) is 2.80. The minimum atomic E-state index is -3.13. The molecule has 0 heterocycles. The van der Waals surface area contributed by atoms with Gasteiger partial charge in [-0.25, -0.2) is 13.2 Å². The Balaban J connectivity index is 2.89. The lowest BCUT2D eigenvalue weighted by Gasteiger charge is -2.13. The van der Waals surface area contributed by atoms with Gasteiger partial charge in [-0.3, -0.25) is 0 Å². The SMILES string of the molecule is N#CC(c1ccccc1)C(F)C(F)F. The van der Waals surface area contributed by atoms with E-state index in [1.165, 1.54) is 12.1 Å². The highest BCUT2D eigenvalue weighted by molar-refractivity contribution is 5.26. The van der Waals surface area contributed by atoms with E-state index < -0.39 is 18.5 Å². The summed E-state index contributed by atoms with van der Waals surface area (Å²) in [5.41, 5.74) is 0.280. The summed E-state index contributed by atoms with van der Waals surface area (Å²) in [5.74, 6) is -1.39. The second kappa shape index (κ2) is 4.66. The molecule has 0 N–H and O–H groups in total. The first-order valence-electron chi connectivity index (χ1n) is 4.03. The van der Waals surface area contributed by atoms with E-state index >= 15 is 0 Å². The molecule has 0 amide bonds. The molecule has 0 radical (unpaired) electrons. The standard InChI is InChI=1S/C10H8F3N/c11-9(10(12)13)8(6-14)7-4-2-1-3-5-7/h1-5,8-10H. The molecular weight excluding hydrogens is 191 g/mol. The van der Waals surface area contributed by atoms with Crippen molar-refractivity contribution in [3.63, 3.8) is 0 Å². The lowest BCUT2D eigenvalue weighted by molar-refractivity contribution is 0.0435. The number of nitriles is 1. The molecule has 1 aromatic carbocycles. The van der Waals surface area contributed by atoms with Crippen LogP contribution in [-0.4, -0.2) is 12.6 Å². The Morgan fingerprint density at radius 3 is 2.07 bits per heavy atom. The highest BCUT2D eigenvalue weighted by Gasteiger charge is 2.30. The first-order chi connectivity index (χ1) is 6.66. The Kier molecular flexibility index (Phi) is 3.52. The third-order valence-electron chi connectivity index (χ3n) is 1.86. The molecule has 1 rings (SSSR count). The maximum absolute atomic E-state index is 12.9. The predicted octanol–water partition coefficient (Wildman–Crippen LogP) is 2.90. The van der Waals surface area contributed by atoms with E-state index in [1.54, 1.807) is 24.3 Å². The monoisotopic (exact) mass is 199 g/mol. The number of alkyl halides is 3. The fraction of sp³-hybridized carbons (Fsp3) is 0.300. The van der Waals surface area contributed by atoms with Gasteiger partial charge in [0.15, 0.2) is 6.17 Å². The third kappa shape index (κ3) is 2.25. The summed E-state index contributed by atoms with van der Waals surface area (Å²) in [6.45, 7) is 0. The number of benzene rings is 1. The normalized spacial score (nSPS) is 14.8. The van der Waals surface area contributed by atoms with Crippen LogP contribution in [0.2, 0.25) is 0 Å². The molecule has 0 aliphatic carbocycles. The van der Waals surface area contributed by atoms with Crippen LogP contribution in [0.3, 0.4) is 0 Å². The molecule has 0 saturated carbocycles. The highest BCUT2D eigenvalue weighted by atomic mass is 19.3. The van der Waals surface area contributed by atoms with E-state index in [2.05, 4.69) is 0 Å². The first-order valence-corrected chi connectivity index (χ1v) is 4.03. The summed E-state index contributed by atoms with van der Waals surface area (Å²) in [6.07, 6.45) is -5.55. The van der Waals surface area contributed by atoms with Crippen molar-refractivity contribution in [3.05, 3.63) is 35.9 Å². The van der Waals surface area contributed by atoms with Gasteiger partial charge in [0.2, 0.25) is 0 Å². The van der Waals surface area contributed by atoms with Gasteiger partial charge in [-0.1, -0.05) is 30.3 Å². The number of hydrogen-bond acceptors (Lipinski definition) is 1. The van der Waals surface area contributed by atoms with Crippen molar-refractivity contribution in [1.29, 1.82) is 5.26 Å². The molecule has 14 heavy (non-hydrogen) atoms. The summed E-state index contributed by atoms with van der Waals surface area (Å²) < 4.78 is 37.0. The average Bonchev–Trinajstić information content (AvgIpc) is 2.20. The Morgan fingerprint density at radius 1 is 1.07 bits per heavy atom. The quantitative estimate of drug-likeness (QED) is 0.734. The lowest BCUT2D eigenvalue weighted by Crippen LogP contribution is -2.20. The van der Waals surface area contributed by atoms with Gasteiger partial charge < -0.3 is 0 Å². The van der Waals surface area contributed by atoms with Gasteiger partial charge in [-0.2, -0.15) is 5.26 Å². The molecule has 0 aliphatic heterocycles. The summed E-state index contributed by atoms with van der Waals surface area (Å²) >= 11 is 0. The van der Waals surface area contributed by atoms with Crippen molar-refractivity contribution in [2.45, 2.75) is 18.5 Å². The van der Waals surface area contributed by atoms with Gasteiger partial charge in [-0.15, -0.1) is 0 Å². The molecule has 0 saturated heterocycles. The van der Waals surface area contributed by atoms with Crippen molar-refractivity contribution in [3.8, 4) is 6.07 Å². The Morgan fingerprint density at radius 2 is 1.64 bits per heavy atom. The molecular formula is C10H8F3N. The molecule has 0 aromatic heterocycles. The predicted molar refractivity (Wildman–Crippen MR) is 45.7 cm³/mol. The zero-order valence-corrected chi connectivity index (χ0v) is 7.20. The van der Waals surface area contributed by atoms with Crippen LogP contribution in [-0.2, 0) is 0 Å². The van der Waals surface area contributed by atoms with E-state index in [9.17, 15) is 13.2 Å². The molecule has 1 aromatic rings. The Bertz CT molecular complexity index is 318. The van der Waals surface area contributed by atoms with Gasteiger partial charge in [0.25, 0.3) is 6.43 Å². The summed E-state index contributed by atoms with van der Waals surface area (Å²) in [4.78, 5) is 0. The minimum absolute atomic E-state index is 0.280. The van der Waals surface area contributed by atoms with Crippen molar-refractivity contribution in [1.82, 2.24) is 0 Å². The van der Waals surface area contributed by atoms with Crippen LogP contribution in [0, 0.1) is 11.3 Å². The van der Waals surface area contributed by atoms with E-state index in [0.29, 0.717) is 0 Å². The van der Waals surface area contributed by atoms with Crippen LogP contribution >= 0.6 is 0 Å². The molecule has 0 fully saturated rings. The van der Waals surface area contributed by atoms with Crippen molar-refractivity contribution in [2.75, 3.05) is 0 Å². The fourth-order valence-electron chi connectivity index (χ4n) is 1.14. The number of halogens is 3. The van der Waals surface area contributed by atoms with Crippen LogP contribution < -0.4 is 0 Å². The van der Waals surface area contributed by atoms with Gasteiger partial charge >= 0.3 is 0 Å². The second-order valence-corrected chi connectivity index (χ2v) is 2.80. The molecule has 0 spiro atoms. The van der Waals surface area contributed by atoms with Crippen LogP contribution in [0.4, 0.5) is 13.2 Å². The Labute approximate surface area is 79.8 Å². The maximum atomic E-state index is 12.9. The molecule has 4 heteroatoms. The average molecular weight is 199 g/mol. The van der Waals surface area contributed by atoms with E-state index in [4.69, 9.17) is 5.26 Å². The zero-order chi connectivity index (χ0) is 10.6. The summed E-state index contributed by atoms with van der Waals surface area (Å²) in [5, 5.41) is 8.58. The van der Waals surface area contributed by atoms with E-state index in [-0.39, 0.29) is 5.56 Å². The minimum Gasteiger partial charge on any atom is -0.239 e. The van der Waals surface area contributed by atoms with Crippen LogP contribution in [0.1, 0.15) is 11.5 Å². The van der Waals surface area contributed by atoms with Gasteiger partial charge in [-0.05, 0) is 5.56 Å². The van der Waals surface area contributed by atoms with Gasteiger partial charge in [0.05, 0.1) is 6.07 Å². The summed E-state index contributed by atoms with van der Waals surface area (Å²) in [6, 6.07) is 9.30. The third-order valence-corrected chi connectivity index (χ3v) is 1.86. The number of nitrogens with zero attached hydrogens (tertiary/aromatic N) is 1. The van der Waals surface area contributed by atoms with Gasteiger partial charge in [0.1, 0.15) is 5.92 Å². The van der Waals surface area contributed by atoms with Crippen molar-refractivity contribution >= 4 is 0 Å². The van der Waals surface area contributed by atoms with E-state index in [1.807, 2.05) is 0 Å². The van der Waals surface area contributed by atoms with Crippen LogP contribution in [0.25, 0.3) is 0 Å². The fourth-order valence-corrected chi connectivity index (χ4v) is 1.14. The molecule has 0 bridgehead atoms. The van der Waals surface area contributed by atoms with E-state index in [0.717, 1.165) is 0 Å². The first kappa shape index (κ1) is 10.6. The molecule has 1 nitrogen and oxygen atoms in total. The van der Waals surface area contributed by atoms with Gasteiger partial charge in [0, 0.05) is 0 Å². The van der Waals surface area contributed by atoms with Crippen LogP contribution in [0.15, 0.2) is 30.3 Å². The molecule has 74 valence electrons. The maximum Gasteiger partial charge on any atom is 0.270 e. The van der Waals surface area contributed by atoms with Crippen LogP contribution in [0.5, 0.6) is 0 Å². The topological polar surface area (TPSA) is 23.8 Å². The number of rotatable bonds is 3. The smallest absolute Gasteiger partial charge is 0.239 e. The van der Waals surface area contributed by atoms with Crippen molar-refractivity contribution in [2.24, 2.45) is 0 Å². The lowest BCUT2D eigenvalue weighted by atomic mass is 9.96. The largest absolute Gasteiger partial charge is 0.270 e. The molecule has 2 unspecified atom stereocenters. The number of hydrogen-bond donors (Lipinski definition) is 0. The molecule has 2 atom stereocenters. The summed E-state index contributed by atoms with van der Waals surface area (Å²) in [7, 11) is 0. The Hall–Kier alpha value is -1.50. The van der Waals surface area contributed by atoms with Crippen molar-refractivity contribution < 1.29 is 13.2 Å².